The van der Waals surface area contributed by atoms with Gasteiger partial charge in [-0.05, 0) is 19.1 Å². The van der Waals surface area contributed by atoms with Crippen LogP contribution in [0.1, 0.15) is 29.3 Å². The van der Waals surface area contributed by atoms with Crippen LogP contribution >= 0.6 is 11.3 Å². The van der Waals surface area contributed by atoms with E-state index in [-0.39, 0.29) is 5.92 Å². The number of para-hydroxylation sites is 2. The average molecular weight is 287 g/mol. The molecule has 2 aromatic heterocycles. The second-order valence-corrected chi connectivity index (χ2v) is 5.85. The lowest BCUT2D eigenvalue weighted by atomic mass is 10.2. The lowest BCUT2D eigenvalue weighted by Gasteiger charge is -2.08. The van der Waals surface area contributed by atoms with E-state index in [0.29, 0.717) is 0 Å². The van der Waals surface area contributed by atoms with Gasteiger partial charge in [0.15, 0.2) is 11.5 Å². The summed E-state index contributed by atoms with van der Waals surface area (Å²) in [6.45, 7) is 5.85. The summed E-state index contributed by atoms with van der Waals surface area (Å²) in [6, 6.07) is 7.87. The first kappa shape index (κ1) is 13.3. The van der Waals surface area contributed by atoms with Crippen molar-refractivity contribution in [3.8, 4) is 0 Å². The minimum absolute atomic E-state index is 0.246. The van der Waals surface area contributed by atoms with Crippen LogP contribution in [0.25, 0.3) is 11.1 Å². The van der Waals surface area contributed by atoms with Crippen LogP contribution in [0.15, 0.2) is 34.2 Å². The molecule has 0 aliphatic rings. The Labute approximate surface area is 121 Å². The highest BCUT2D eigenvalue weighted by Gasteiger charge is 2.13. The van der Waals surface area contributed by atoms with Gasteiger partial charge in [0.2, 0.25) is 0 Å². The van der Waals surface area contributed by atoms with E-state index in [1.165, 1.54) is 4.88 Å². The Balaban J connectivity index is 1.61. The van der Waals surface area contributed by atoms with Crippen LogP contribution in [0.3, 0.4) is 0 Å². The van der Waals surface area contributed by atoms with Crippen LogP contribution in [0.2, 0.25) is 0 Å². The molecule has 0 aliphatic carbocycles. The van der Waals surface area contributed by atoms with Crippen molar-refractivity contribution in [2.24, 2.45) is 0 Å². The fourth-order valence-electron chi connectivity index (χ4n) is 2.09. The lowest BCUT2D eigenvalue weighted by Crippen LogP contribution is -2.19. The zero-order chi connectivity index (χ0) is 13.9. The molecule has 0 amide bonds. The maximum Gasteiger partial charge on any atom is 0.199 e. The summed E-state index contributed by atoms with van der Waals surface area (Å²) in [5.74, 6) is 1.04. The second kappa shape index (κ2) is 5.73. The Morgan fingerprint density at radius 1 is 1.35 bits per heavy atom. The smallest absolute Gasteiger partial charge is 0.199 e. The number of nitrogens with one attached hydrogen (secondary N) is 1. The number of oxazole rings is 1. The molecule has 0 aliphatic heterocycles. The summed E-state index contributed by atoms with van der Waals surface area (Å²) in [4.78, 5) is 10.1. The average Bonchev–Trinajstić information content (AvgIpc) is 3.05. The first-order chi connectivity index (χ1) is 9.74. The number of benzene rings is 1. The van der Waals surface area contributed by atoms with Crippen molar-refractivity contribution in [3.63, 3.8) is 0 Å². The molecule has 3 aromatic rings. The van der Waals surface area contributed by atoms with Crippen LogP contribution in [0, 0.1) is 6.92 Å². The van der Waals surface area contributed by atoms with E-state index in [1.807, 2.05) is 36.7 Å². The van der Waals surface area contributed by atoms with Crippen molar-refractivity contribution in [1.82, 2.24) is 15.3 Å². The number of aryl methyl sites for hydroxylation is 1. The van der Waals surface area contributed by atoms with Gasteiger partial charge in [0.25, 0.3) is 0 Å². The van der Waals surface area contributed by atoms with Gasteiger partial charge in [-0.2, -0.15) is 0 Å². The number of nitrogens with zero attached hydrogens (tertiary/aromatic N) is 2. The fraction of sp³-hybridized carbons (Fsp3) is 0.333. The molecule has 0 fully saturated rings. The van der Waals surface area contributed by atoms with E-state index in [9.17, 15) is 0 Å². The number of fused-ring (bicyclic) bond motifs is 1. The van der Waals surface area contributed by atoms with E-state index in [4.69, 9.17) is 4.42 Å². The number of aromatic nitrogens is 2. The predicted octanol–water partition coefficient (Wildman–Crippen LogP) is 3.49. The molecule has 20 heavy (non-hydrogen) atoms. The Hall–Kier alpha value is -1.72. The summed E-state index contributed by atoms with van der Waals surface area (Å²) in [5.41, 5.74) is 4.77. The number of hydrogen-bond donors (Lipinski definition) is 1. The van der Waals surface area contributed by atoms with Gasteiger partial charge in [0.1, 0.15) is 5.52 Å². The summed E-state index contributed by atoms with van der Waals surface area (Å²) < 4.78 is 5.78. The highest BCUT2D eigenvalue weighted by atomic mass is 32.1. The summed E-state index contributed by atoms with van der Waals surface area (Å²) >= 11 is 1.69. The van der Waals surface area contributed by atoms with Crippen molar-refractivity contribution >= 4 is 22.4 Å². The van der Waals surface area contributed by atoms with E-state index >= 15 is 0 Å². The fourth-order valence-corrected chi connectivity index (χ4v) is 2.83. The minimum atomic E-state index is 0.246. The minimum Gasteiger partial charge on any atom is -0.440 e. The summed E-state index contributed by atoms with van der Waals surface area (Å²) in [5, 5.41) is 3.44. The first-order valence-electron chi connectivity index (χ1n) is 6.69. The molecule has 5 heteroatoms. The first-order valence-corrected chi connectivity index (χ1v) is 7.57. The summed E-state index contributed by atoms with van der Waals surface area (Å²) in [7, 11) is 0. The van der Waals surface area contributed by atoms with Crippen LogP contribution in [-0.2, 0) is 6.54 Å². The van der Waals surface area contributed by atoms with E-state index in [1.54, 1.807) is 11.3 Å². The highest BCUT2D eigenvalue weighted by Crippen LogP contribution is 2.21. The topological polar surface area (TPSA) is 51.0 Å². The van der Waals surface area contributed by atoms with Crippen molar-refractivity contribution < 1.29 is 4.42 Å². The van der Waals surface area contributed by atoms with Crippen molar-refractivity contribution in [3.05, 3.63) is 46.2 Å². The molecule has 0 saturated heterocycles. The quantitative estimate of drug-likeness (QED) is 0.780. The third-order valence-electron chi connectivity index (χ3n) is 3.31. The molecule has 0 spiro atoms. The van der Waals surface area contributed by atoms with E-state index < -0.39 is 0 Å². The Bertz CT molecular complexity index is 671. The summed E-state index contributed by atoms with van der Waals surface area (Å²) in [6.07, 6.45) is 0. The molecular weight excluding hydrogens is 270 g/mol. The van der Waals surface area contributed by atoms with Gasteiger partial charge in [-0.1, -0.05) is 19.1 Å². The molecule has 0 saturated carbocycles. The Morgan fingerprint density at radius 3 is 2.95 bits per heavy atom. The maximum absolute atomic E-state index is 5.78. The van der Waals surface area contributed by atoms with Crippen LogP contribution < -0.4 is 5.32 Å². The molecule has 1 N–H and O–H groups in total. The number of rotatable bonds is 5. The zero-order valence-electron chi connectivity index (χ0n) is 11.6. The van der Waals surface area contributed by atoms with E-state index in [2.05, 4.69) is 22.2 Å². The van der Waals surface area contributed by atoms with Gasteiger partial charge >= 0.3 is 0 Å². The van der Waals surface area contributed by atoms with Crippen molar-refractivity contribution in [1.29, 1.82) is 0 Å². The number of hydrogen-bond acceptors (Lipinski definition) is 5. The molecule has 1 atom stereocenters. The zero-order valence-corrected chi connectivity index (χ0v) is 12.4. The van der Waals surface area contributed by atoms with Crippen molar-refractivity contribution in [2.45, 2.75) is 26.3 Å². The van der Waals surface area contributed by atoms with Gasteiger partial charge in [-0.3, -0.25) is 0 Å². The van der Waals surface area contributed by atoms with Gasteiger partial charge in [0.05, 0.1) is 11.2 Å². The molecule has 1 unspecified atom stereocenters. The van der Waals surface area contributed by atoms with Crippen LogP contribution in [-0.4, -0.2) is 16.5 Å². The molecule has 2 heterocycles. The monoisotopic (exact) mass is 287 g/mol. The largest absolute Gasteiger partial charge is 0.440 e. The molecule has 1 aromatic carbocycles. The SMILES string of the molecule is Cc1ncsc1CNCC(C)c1nc2ccccc2o1. The molecule has 0 bridgehead atoms. The maximum atomic E-state index is 5.78. The normalized spacial score (nSPS) is 12.9. The van der Waals surface area contributed by atoms with Gasteiger partial charge in [-0.15, -0.1) is 11.3 Å². The second-order valence-electron chi connectivity index (χ2n) is 4.91. The van der Waals surface area contributed by atoms with Crippen LogP contribution in [0.4, 0.5) is 0 Å². The Kier molecular flexibility index (Phi) is 3.80. The molecule has 0 radical (unpaired) electrons. The predicted molar refractivity (Wildman–Crippen MR) is 81.0 cm³/mol. The molecule has 3 rings (SSSR count). The van der Waals surface area contributed by atoms with Crippen molar-refractivity contribution in [2.75, 3.05) is 6.54 Å². The molecular formula is C15H17N3OS. The lowest BCUT2D eigenvalue weighted by molar-refractivity contribution is 0.466. The highest BCUT2D eigenvalue weighted by molar-refractivity contribution is 7.09. The van der Waals surface area contributed by atoms with Gasteiger partial charge in [0, 0.05) is 23.9 Å². The third kappa shape index (κ3) is 2.73. The number of thiazole rings is 1. The van der Waals surface area contributed by atoms with Gasteiger partial charge < -0.3 is 9.73 Å². The standard InChI is InChI=1S/C15H17N3OS/c1-10(7-16-8-14-11(2)17-9-20-14)15-18-12-5-3-4-6-13(12)19-15/h3-6,9-10,16H,7-8H2,1-2H3. The van der Waals surface area contributed by atoms with Crippen LogP contribution in [0.5, 0.6) is 0 Å². The molecule has 104 valence electrons. The van der Waals surface area contributed by atoms with Gasteiger partial charge in [-0.25, -0.2) is 9.97 Å². The third-order valence-corrected chi connectivity index (χ3v) is 4.25. The molecule has 4 nitrogen and oxygen atoms in total. The Morgan fingerprint density at radius 2 is 2.20 bits per heavy atom. The van der Waals surface area contributed by atoms with E-state index in [0.717, 1.165) is 35.8 Å².